The van der Waals surface area contributed by atoms with E-state index in [-0.39, 0.29) is 23.4 Å². The van der Waals surface area contributed by atoms with Gasteiger partial charge in [-0.3, -0.25) is 9.59 Å². The summed E-state index contributed by atoms with van der Waals surface area (Å²) in [5, 5.41) is 2.93. The maximum atomic E-state index is 13.1. The van der Waals surface area contributed by atoms with Gasteiger partial charge in [0, 0.05) is 18.8 Å². The Labute approximate surface area is 183 Å². The molecule has 0 bridgehead atoms. The molecule has 162 valence electrons. The van der Waals surface area contributed by atoms with Crippen LogP contribution in [0.3, 0.4) is 0 Å². The van der Waals surface area contributed by atoms with E-state index in [0.717, 1.165) is 23.1 Å². The lowest BCUT2D eigenvalue weighted by atomic mass is 10.1. The number of nitrogens with one attached hydrogen (secondary N) is 1. The smallest absolute Gasteiger partial charge is 0.242 e. The van der Waals surface area contributed by atoms with Gasteiger partial charge in [0.1, 0.15) is 11.9 Å². The second-order valence-electron chi connectivity index (χ2n) is 7.34. The lowest BCUT2D eigenvalue weighted by Crippen LogP contribution is -2.49. The second-order valence-corrected chi connectivity index (χ2v) is 8.33. The van der Waals surface area contributed by atoms with Crippen molar-refractivity contribution in [3.05, 3.63) is 71.0 Å². The van der Waals surface area contributed by atoms with Crippen molar-refractivity contribution >= 4 is 23.6 Å². The first-order valence-electron chi connectivity index (χ1n) is 10.4. The van der Waals surface area contributed by atoms with Crippen molar-refractivity contribution in [3.63, 3.8) is 0 Å². The average Bonchev–Trinajstić information content (AvgIpc) is 2.74. The number of nitrogens with zero attached hydrogens (tertiary/aromatic N) is 1. The highest BCUT2D eigenvalue weighted by atomic mass is 32.2. The van der Waals surface area contributed by atoms with E-state index in [4.69, 9.17) is 0 Å². The Hall–Kier alpha value is -2.34. The minimum absolute atomic E-state index is 0.0683. The number of hydrogen-bond donors (Lipinski definition) is 1. The van der Waals surface area contributed by atoms with Gasteiger partial charge < -0.3 is 10.2 Å². The first-order chi connectivity index (χ1) is 14.4. The molecule has 0 unspecified atom stereocenters. The summed E-state index contributed by atoms with van der Waals surface area (Å²) in [6.07, 6.45) is 1.40. The molecule has 0 saturated carbocycles. The molecule has 1 atom stereocenters. The van der Waals surface area contributed by atoms with E-state index in [1.54, 1.807) is 17.0 Å². The van der Waals surface area contributed by atoms with Gasteiger partial charge in [-0.2, -0.15) is 0 Å². The molecule has 0 spiro atoms. The quantitative estimate of drug-likeness (QED) is 0.562. The van der Waals surface area contributed by atoms with Crippen LogP contribution in [0.2, 0.25) is 0 Å². The van der Waals surface area contributed by atoms with Crippen molar-refractivity contribution in [2.75, 3.05) is 12.3 Å². The van der Waals surface area contributed by atoms with E-state index in [9.17, 15) is 14.0 Å². The summed E-state index contributed by atoms with van der Waals surface area (Å²) in [6, 6.07) is 13.8. The molecular weight excluding hydrogens is 399 g/mol. The van der Waals surface area contributed by atoms with Gasteiger partial charge in [-0.25, -0.2) is 4.39 Å². The molecule has 0 aliphatic heterocycles. The van der Waals surface area contributed by atoms with Gasteiger partial charge in [-0.15, -0.1) is 11.8 Å². The maximum Gasteiger partial charge on any atom is 0.242 e. The monoisotopic (exact) mass is 430 g/mol. The molecule has 4 nitrogen and oxygen atoms in total. The molecule has 0 fully saturated rings. The zero-order valence-corrected chi connectivity index (χ0v) is 18.8. The fourth-order valence-electron chi connectivity index (χ4n) is 3.10. The zero-order valence-electron chi connectivity index (χ0n) is 18.0. The number of hydrogen-bond acceptors (Lipinski definition) is 3. The first kappa shape index (κ1) is 23.9. The maximum absolute atomic E-state index is 13.1. The number of halogens is 1. The largest absolute Gasteiger partial charge is 0.354 e. The number of benzene rings is 2. The number of amides is 2. The molecule has 2 rings (SSSR count). The number of carbonyl (C=O) groups is 2. The summed E-state index contributed by atoms with van der Waals surface area (Å²) in [5.41, 5.74) is 3.12. The zero-order chi connectivity index (χ0) is 21.9. The standard InChI is InChI=1S/C24H31FN2O2S/c1-4-14-26-24(29)22(5-2)27(15-19-8-6-18(3)7-9-19)23(28)17-30-16-20-10-12-21(25)13-11-20/h6-13,22H,4-5,14-17H2,1-3H3,(H,26,29)/t22-/m1/s1. The highest BCUT2D eigenvalue weighted by molar-refractivity contribution is 7.99. The van der Waals surface area contributed by atoms with Crippen LogP contribution in [0.25, 0.3) is 0 Å². The fourth-order valence-corrected chi connectivity index (χ4v) is 3.97. The van der Waals surface area contributed by atoms with Crippen LogP contribution in [-0.4, -0.2) is 35.1 Å². The Balaban J connectivity index is 2.09. The third kappa shape index (κ3) is 7.48. The molecule has 0 aromatic heterocycles. The molecule has 0 radical (unpaired) electrons. The molecular formula is C24H31FN2O2S. The number of thioether (sulfide) groups is 1. The summed E-state index contributed by atoms with van der Waals surface area (Å²) < 4.78 is 13.1. The molecule has 2 aromatic carbocycles. The number of carbonyl (C=O) groups excluding carboxylic acids is 2. The molecule has 0 aliphatic carbocycles. The highest BCUT2D eigenvalue weighted by Gasteiger charge is 2.28. The topological polar surface area (TPSA) is 49.4 Å². The molecule has 2 aromatic rings. The minimum Gasteiger partial charge on any atom is -0.354 e. The first-order valence-corrected chi connectivity index (χ1v) is 11.5. The molecule has 6 heteroatoms. The SMILES string of the molecule is CCCNC(=O)[C@@H](CC)N(Cc1ccc(C)cc1)C(=O)CSCc1ccc(F)cc1. The second kappa shape index (κ2) is 12.4. The van der Waals surface area contributed by atoms with Gasteiger partial charge in [0.05, 0.1) is 5.75 Å². The fraction of sp³-hybridized carbons (Fsp3) is 0.417. The highest BCUT2D eigenvalue weighted by Crippen LogP contribution is 2.18. The third-order valence-electron chi connectivity index (χ3n) is 4.82. The van der Waals surface area contributed by atoms with Gasteiger partial charge >= 0.3 is 0 Å². The van der Waals surface area contributed by atoms with Crippen LogP contribution in [0.4, 0.5) is 4.39 Å². The van der Waals surface area contributed by atoms with Crippen molar-refractivity contribution < 1.29 is 14.0 Å². The Bertz CT molecular complexity index is 809. The summed E-state index contributed by atoms with van der Waals surface area (Å²) in [5.74, 6) is 0.432. The van der Waals surface area contributed by atoms with Gasteiger partial charge in [0.25, 0.3) is 0 Å². The van der Waals surface area contributed by atoms with Gasteiger partial charge in [-0.05, 0) is 43.0 Å². The average molecular weight is 431 g/mol. The van der Waals surface area contributed by atoms with Crippen molar-refractivity contribution in [3.8, 4) is 0 Å². The minimum atomic E-state index is -0.503. The van der Waals surface area contributed by atoms with E-state index in [0.29, 0.717) is 25.3 Å². The van der Waals surface area contributed by atoms with E-state index in [1.807, 2.05) is 45.0 Å². The summed E-state index contributed by atoms with van der Waals surface area (Å²) >= 11 is 1.47. The van der Waals surface area contributed by atoms with Crippen LogP contribution in [0.1, 0.15) is 43.4 Å². The summed E-state index contributed by atoms with van der Waals surface area (Å²) in [4.78, 5) is 27.5. The molecule has 0 saturated heterocycles. The molecule has 0 aliphatic rings. The van der Waals surface area contributed by atoms with Crippen LogP contribution in [0.5, 0.6) is 0 Å². The van der Waals surface area contributed by atoms with Crippen molar-refractivity contribution in [1.29, 1.82) is 0 Å². The predicted octanol–water partition coefficient (Wildman–Crippen LogP) is 4.70. The Kier molecular flexibility index (Phi) is 9.87. The molecule has 1 N–H and O–H groups in total. The Morgan fingerprint density at radius 1 is 1.03 bits per heavy atom. The van der Waals surface area contributed by atoms with E-state index in [1.165, 1.54) is 23.9 Å². The van der Waals surface area contributed by atoms with Gasteiger partial charge in [-0.1, -0.05) is 55.8 Å². The van der Waals surface area contributed by atoms with Crippen LogP contribution in [0.15, 0.2) is 48.5 Å². The molecule has 0 heterocycles. The lowest BCUT2D eigenvalue weighted by Gasteiger charge is -2.30. The predicted molar refractivity (Wildman–Crippen MR) is 122 cm³/mol. The van der Waals surface area contributed by atoms with Crippen LogP contribution >= 0.6 is 11.8 Å². The van der Waals surface area contributed by atoms with Crippen LogP contribution < -0.4 is 5.32 Å². The summed E-state index contributed by atoms with van der Waals surface area (Å²) in [7, 11) is 0. The van der Waals surface area contributed by atoms with E-state index in [2.05, 4.69) is 5.32 Å². The Morgan fingerprint density at radius 3 is 2.27 bits per heavy atom. The molecule has 2 amide bonds. The summed E-state index contributed by atoms with van der Waals surface area (Å²) in [6.45, 7) is 6.95. The van der Waals surface area contributed by atoms with Crippen LogP contribution in [-0.2, 0) is 21.9 Å². The number of rotatable bonds is 11. The normalized spacial score (nSPS) is 11.7. The van der Waals surface area contributed by atoms with Gasteiger partial charge in [0.2, 0.25) is 11.8 Å². The lowest BCUT2D eigenvalue weighted by molar-refractivity contribution is -0.139. The van der Waals surface area contributed by atoms with Crippen LogP contribution in [0, 0.1) is 12.7 Å². The van der Waals surface area contributed by atoms with Crippen molar-refractivity contribution in [1.82, 2.24) is 10.2 Å². The Morgan fingerprint density at radius 2 is 1.67 bits per heavy atom. The van der Waals surface area contributed by atoms with Crippen molar-refractivity contribution in [2.45, 2.75) is 52.0 Å². The number of aryl methyl sites for hydroxylation is 1. The van der Waals surface area contributed by atoms with Gasteiger partial charge in [0.15, 0.2) is 0 Å². The van der Waals surface area contributed by atoms with Crippen molar-refractivity contribution in [2.24, 2.45) is 0 Å². The van der Waals surface area contributed by atoms with E-state index < -0.39 is 6.04 Å². The molecule has 30 heavy (non-hydrogen) atoms. The van der Waals surface area contributed by atoms with E-state index >= 15 is 0 Å². The third-order valence-corrected chi connectivity index (χ3v) is 5.80.